The van der Waals surface area contributed by atoms with Crippen LogP contribution in [-0.4, -0.2) is 37.8 Å². The van der Waals surface area contributed by atoms with E-state index >= 15 is 0 Å². The molecule has 3 nitrogen and oxygen atoms in total. The van der Waals surface area contributed by atoms with Crippen LogP contribution in [-0.2, 0) is 5.41 Å². The monoisotopic (exact) mass is 375 g/mol. The third-order valence-electron chi connectivity index (χ3n) is 5.83. The van der Waals surface area contributed by atoms with Crippen LogP contribution < -0.4 is 4.90 Å². The minimum atomic E-state index is 0. The van der Waals surface area contributed by atoms with E-state index in [1.54, 1.807) is 0 Å². The van der Waals surface area contributed by atoms with Crippen molar-refractivity contribution in [2.75, 3.05) is 31.6 Å². The van der Waals surface area contributed by atoms with Gasteiger partial charge >= 0.3 is 0 Å². The lowest BCUT2D eigenvalue weighted by Crippen LogP contribution is -2.43. The second kappa shape index (κ2) is 6.64. The van der Waals surface area contributed by atoms with Crippen molar-refractivity contribution < 1.29 is 0 Å². The maximum Gasteiger partial charge on any atom is 0.0866 e. The van der Waals surface area contributed by atoms with E-state index in [4.69, 9.17) is 4.99 Å². The van der Waals surface area contributed by atoms with Gasteiger partial charge in [0.15, 0.2) is 0 Å². The summed E-state index contributed by atoms with van der Waals surface area (Å²) in [6, 6.07) is 15.3. The van der Waals surface area contributed by atoms with E-state index in [9.17, 15) is 0 Å². The van der Waals surface area contributed by atoms with Crippen LogP contribution in [0, 0.1) is 0 Å². The lowest BCUT2D eigenvalue weighted by molar-refractivity contribution is 0.198. The summed E-state index contributed by atoms with van der Waals surface area (Å²) in [4.78, 5) is 9.71. The number of fused-ring (bicyclic) bond motifs is 3. The van der Waals surface area contributed by atoms with E-state index in [1.807, 2.05) is 6.21 Å². The first-order chi connectivity index (χ1) is 11.3. The summed E-state index contributed by atoms with van der Waals surface area (Å²) < 4.78 is 0. The van der Waals surface area contributed by atoms with Gasteiger partial charge in [-0.3, -0.25) is 4.99 Å². The number of anilines is 2. The summed E-state index contributed by atoms with van der Waals surface area (Å²) in [5.41, 5.74) is 6.83. The van der Waals surface area contributed by atoms with E-state index in [1.165, 1.54) is 48.4 Å². The Kier molecular flexibility index (Phi) is 4.84. The number of likely N-dealkylation sites (tertiary alicyclic amines) is 1. The van der Waals surface area contributed by atoms with Gasteiger partial charge in [-0.05, 0) is 50.7 Å². The van der Waals surface area contributed by atoms with Gasteiger partial charge in [-0.1, -0.05) is 30.3 Å². The zero-order chi connectivity index (χ0) is 15.4. The molecule has 1 fully saturated rings. The number of rotatable bonds is 0. The highest BCUT2D eigenvalue weighted by atomic mass is 35.5. The Labute approximate surface area is 161 Å². The van der Waals surface area contributed by atoms with Gasteiger partial charge in [-0.25, -0.2) is 0 Å². The number of piperidine rings is 1. The van der Waals surface area contributed by atoms with Gasteiger partial charge in [-0.15, -0.1) is 24.8 Å². The molecular weight excluding hydrogens is 353 g/mol. The fourth-order valence-electron chi connectivity index (χ4n) is 4.48. The first-order valence-electron chi connectivity index (χ1n) is 8.50. The first-order valence-corrected chi connectivity index (χ1v) is 8.50. The Morgan fingerprint density at radius 2 is 1.72 bits per heavy atom. The van der Waals surface area contributed by atoms with Crippen molar-refractivity contribution >= 4 is 48.1 Å². The standard InChI is InChI=1S/C20H21N3.2ClH/c1-22-11-9-20(10-12-22)14-23-18-8-3-2-7-17(18)21-13-15-5-4-6-16(20)19(15)23;;/h2-8,13H,9-12,14H2,1H3;2*1H. The second-order valence-corrected chi connectivity index (χ2v) is 7.16. The quantitative estimate of drug-likeness (QED) is 0.663. The van der Waals surface area contributed by atoms with Crippen molar-refractivity contribution in [2.24, 2.45) is 4.99 Å². The van der Waals surface area contributed by atoms with Crippen LogP contribution in [0.5, 0.6) is 0 Å². The minimum Gasteiger partial charge on any atom is -0.338 e. The fourth-order valence-corrected chi connectivity index (χ4v) is 4.48. The van der Waals surface area contributed by atoms with Crippen molar-refractivity contribution in [2.45, 2.75) is 18.3 Å². The highest BCUT2D eigenvalue weighted by Gasteiger charge is 2.46. The summed E-state index contributed by atoms with van der Waals surface area (Å²) in [6.07, 6.45) is 4.54. The lowest BCUT2D eigenvalue weighted by atomic mass is 9.74. The van der Waals surface area contributed by atoms with Gasteiger partial charge in [0.25, 0.3) is 0 Å². The van der Waals surface area contributed by atoms with Gasteiger partial charge in [0.05, 0.1) is 17.1 Å². The minimum absolute atomic E-state index is 0. The van der Waals surface area contributed by atoms with Crippen LogP contribution >= 0.6 is 24.8 Å². The summed E-state index contributed by atoms with van der Waals surface area (Å²) in [5, 5.41) is 0. The smallest absolute Gasteiger partial charge is 0.0866 e. The predicted molar refractivity (Wildman–Crippen MR) is 110 cm³/mol. The molecule has 0 unspecified atom stereocenters. The highest BCUT2D eigenvalue weighted by Crippen LogP contribution is 2.52. The molecule has 5 rings (SSSR count). The normalized spacial score (nSPS) is 19.5. The van der Waals surface area contributed by atoms with Crippen molar-refractivity contribution in [1.82, 2.24) is 4.90 Å². The van der Waals surface area contributed by atoms with Crippen LogP contribution in [0.1, 0.15) is 24.0 Å². The van der Waals surface area contributed by atoms with Gasteiger partial charge in [-0.2, -0.15) is 0 Å². The highest BCUT2D eigenvalue weighted by molar-refractivity contribution is 5.98. The maximum absolute atomic E-state index is 4.72. The van der Waals surface area contributed by atoms with Gasteiger partial charge in [0, 0.05) is 23.7 Å². The van der Waals surface area contributed by atoms with Crippen LogP contribution in [0.15, 0.2) is 47.5 Å². The molecule has 25 heavy (non-hydrogen) atoms. The molecule has 0 aliphatic carbocycles. The van der Waals surface area contributed by atoms with Crippen molar-refractivity contribution in [3.05, 3.63) is 53.6 Å². The Hall–Kier alpha value is -1.55. The van der Waals surface area contributed by atoms with Crippen LogP contribution in [0.3, 0.4) is 0 Å². The molecule has 0 aromatic heterocycles. The number of para-hydroxylation sites is 3. The number of nitrogens with zero attached hydrogens (tertiary/aromatic N) is 3. The molecule has 3 heterocycles. The molecule has 5 heteroatoms. The molecule has 1 saturated heterocycles. The van der Waals surface area contributed by atoms with Crippen molar-refractivity contribution in [3.8, 4) is 0 Å². The third kappa shape index (κ3) is 2.66. The zero-order valence-electron chi connectivity index (χ0n) is 14.3. The van der Waals surface area contributed by atoms with E-state index in [-0.39, 0.29) is 24.8 Å². The largest absolute Gasteiger partial charge is 0.338 e. The number of aliphatic imine (C=N–C) groups is 1. The van der Waals surface area contributed by atoms with Gasteiger partial charge < -0.3 is 9.80 Å². The SMILES string of the molecule is CN1CCC2(CC1)CN1c3ccccc3N=Cc3cccc2c31.Cl.Cl. The topological polar surface area (TPSA) is 18.8 Å². The van der Waals surface area contributed by atoms with E-state index in [0.717, 1.165) is 12.2 Å². The predicted octanol–water partition coefficient (Wildman–Crippen LogP) is 4.71. The number of benzene rings is 2. The molecular formula is C20H23Cl2N3. The van der Waals surface area contributed by atoms with E-state index in [2.05, 4.69) is 59.3 Å². The molecule has 0 N–H and O–H groups in total. The fraction of sp³-hybridized carbons (Fsp3) is 0.350. The summed E-state index contributed by atoms with van der Waals surface area (Å²) in [6.45, 7) is 3.47. The Morgan fingerprint density at radius 1 is 0.960 bits per heavy atom. The molecule has 3 aliphatic rings. The first kappa shape index (κ1) is 18.2. The van der Waals surface area contributed by atoms with Crippen LogP contribution in [0.25, 0.3) is 0 Å². The summed E-state index contributed by atoms with van der Waals surface area (Å²) in [7, 11) is 2.24. The van der Waals surface area contributed by atoms with E-state index in [0.29, 0.717) is 5.41 Å². The summed E-state index contributed by atoms with van der Waals surface area (Å²) in [5.74, 6) is 0. The molecule has 1 spiro atoms. The summed E-state index contributed by atoms with van der Waals surface area (Å²) >= 11 is 0. The molecule has 0 atom stereocenters. The molecule has 0 amide bonds. The molecule has 0 bridgehead atoms. The van der Waals surface area contributed by atoms with Gasteiger partial charge in [0.2, 0.25) is 0 Å². The Balaban J connectivity index is 0.000000911. The van der Waals surface area contributed by atoms with Crippen LogP contribution in [0.4, 0.5) is 17.1 Å². The Bertz CT molecular complexity index is 810. The molecule has 3 aliphatic heterocycles. The third-order valence-corrected chi connectivity index (χ3v) is 5.83. The lowest BCUT2D eigenvalue weighted by Gasteiger charge is -2.38. The second-order valence-electron chi connectivity index (χ2n) is 7.16. The molecule has 0 radical (unpaired) electrons. The average molecular weight is 376 g/mol. The average Bonchev–Trinajstić information content (AvgIpc) is 2.82. The van der Waals surface area contributed by atoms with E-state index < -0.39 is 0 Å². The maximum atomic E-state index is 4.72. The van der Waals surface area contributed by atoms with Crippen molar-refractivity contribution in [3.63, 3.8) is 0 Å². The number of hydrogen-bond donors (Lipinski definition) is 0. The molecule has 132 valence electrons. The molecule has 0 saturated carbocycles. The van der Waals surface area contributed by atoms with Gasteiger partial charge in [0.1, 0.15) is 0 Å². The van der Waals surface area contributed by atoms with Crippen molar-refractivity contribution in [1.29, 1.82) is 0 Å². The molecule has 2 aromatic rings. The number of halogens is 2. The number of hydrogen-bond acceptors (Lipinski definition) is 3. The zero-order valence-corrected chi connectivity index (χ0v) is 15.9. The molecule has 2 aromatic carbocycles. The van der Waals surface area contributed by atoms with Crippen LogP contribution in [0.2, 0.25) is 0 Å². The Morgan fingerprint density at radius 3 is 2.52 bits per heavy atom.